The van der Waals surface area contributed by atoms with Gasteiger partial charge in [-0.2, -0.15) is 0 Å². The van der Waals surface area contributed by atoms with Crippen LogP contribution in [0.15, 0.2) is 29.7 Å². The molecule has 6 nitrogen and oxygen atoms in total. The lowest BCUT2D eigenvalue weighted by Gasteiger charge is -2.18. The average Bonchev–Trinajstić information content (AvgIpc) is 3.19. The van der Waals surface area contributed by atoms with E-state index in [0.717, 1.165) is 50.1 Å². The summed E-state index contributed by atoms with van der Waals surface area (Å²) in [5.74, 6) is 0.997. The molecule has 1 fully saturated rings. The monoisotopic (exact) mass is 333 g/mol. The van der Waals surface area contributed by atoms with Gasteiger partial charge in [0.2, 0.25) is 0 Å². The molecule has 7 heteroatoms. The summed E-state index contributed by atoms with van der Waals surface area (Å²) in [5, 5.41) is 9.67. The fraction of sp³-hybridized carbons (Fsp3) is 0.562. The second-order valence-corrected chi connectivity index (χ2v) is 6.66. The lowest BCUT2D eigenvalue weighted by Crippen LogP contribution is -2.23. The molecular formula is C16H23N5OS. The van der Waals surface area contributed by atoms with Crippen LogP contribution < -0.4 is 0 Å². The molecule has 3 heterocycles. The van der Waals surface area contributed by atoms with Gasteiger partial charge in [-0.25, -0.2) is 0 Å². The van der Waals surface area contributed by atoms with Crippen LogP contribution in [-0.2, 0) is 24.4 Å². The first-order chi connectivity index (χ1) is 11.3. The van der Waals surface area contributed by atoms with Gasteiger partial charge in [-0.3, -0.25) is 9.88 Å². The van der Waals surface area contributed by atoms with E-state index in [0.29, 0.717) is 6.10 Å². The Kier molecular flexibility index (Phi) is 5.64. The third-order valence-corrected chi connectivity index (χ3v) is 4.64. The van der Waals surface area contributed by atoms with E-state index >= 15 is 0 Å². The highest BCUT2D eigenvalue weighted by Crippen LogP contribution is 2.20. The summed E-state index contributed by atoms with van der Waals surface area (Å²) < 4.78 is 7.98. The molecular weight excluding hydrogens is 310 g/mol. The highest BCUT2D eigenvalue weighted by molar-refractivity contribution is 7.98. The second kappa shape index (κ2) is 7.90. The number of nitrogens with zero attached hydrogens (tertiary/aromatic N) is 5. The molecule has 0 saturated carbocycles. The molecule has 1 atom stereocenters. The van der Waals surface area contributed by atoms with Crippen LogP contribution in [0.5, 0.6) is 0 Å². The summed E-state index contributed by atoms with van der Waals surface area (Å²) in [6, 6.07) is 4.06. The molecule has 3 rings (SSSR count). The zero-order valence-electron chi connectivity index (χ0n) is 13.7. The molecule has 2 aromatic heterocycles. The molecule has 1 unspecified atom stereocenters. The number of thioether (sulfide) groups is 1. The van der Waals surface area contributed by atoms with Crippen molar-refractivity contribution in [1.29, 1.82) is 0 Å². The summed E-state index contributed by atoms with van der Waals surface area (Å²) >= 11 is 1.64. The molecule has 1 saturated heterocycles. The van der Waals surface area contributed by atoms with Crippen LogP contribution >= 0.6 is 11.8 Å². The SMILES string of the molecule is CSc1nnc(CN(C)Cc2cccnc2)n1CC1CCCO1. The molecule has 23 heavy (non-hydrogen) atoms. The van der Waals surface area contributed by atoms with Crippen LogP contribution in [0.4, 0.5) is 0 Å². The largest absolute Gasteiger partial charge is 0.376 e. The van der Waals surface area contributed by atoms with E-state index in [9.17, 15) is 0 Å². The fourth-order valence-corrected chi connectivity index (χ4v) is 3.39. The molecule has 0 bridgehead atoms. The van der Waals surface area contributed by atoms with E-state index in [1.165, 1.54) is 5.56 Å². The Morgan fingerprint density at radius 3 is 3.00 bits per heavy atom. The second-order valence-electron chi connectivity index (χ2n) is 5.88. The van der Waals surface area contributed by atoms with Crippen LogP contribution in [0.2, 0.25) is 0 Å². The minimum atomic E-state index is 0.291. The fourth-order valence-electron chi connectivity index (χ4n) is 2.86. The first-order valence-corrected chi connectivity index (χ1v) is 9.14. The van der Waals surface area contributed by atoms with E-state index in [1.807, 2.05) is 18.5 Å². The number of aromatic nitrogens is 4. The van der Waals surface area contributed by atoms with Crippen LogP contribution in [0.1, 0.15) is 24.2 Å². The molecule has 0 aromatic carbocycles. The number of pyridine rings is 1. The van der Waals surface area contributed by atoms with Gasteiger partial charge in [0.25, 0.3) is 0 Å². The van der Waals surface area contributed by atoms with Gasteiger partial charge in [0, 0.05) is 25.5 Å². The third-order valence-electron chi connectivity index (χ3n) is 3.97. The molecule has 0 amide bonds. The number of ether oxygens (including phenoxy) is 1. The van der Waals surface area contributed by atoms with E-state index in [2.05, 4.69) is 37.8 Å². The predicted octanol–water partition coefficient (Wildman–Crippen LogP) is 2.21. The van der Waals surface area contributed by atoms with Crippen LogP contribution in [0.3, 0.4) is 0 Å². The van der Waals surface area contributed by atoms with Gasteiger partial charge in [0.15, 0.2) is 5.16 Å². The Morgan fingerprint density at radius 1 is 1.39 bits per heavy atom. The first kappa shape index (κ1) is 16.4. The Bertz CT molecular complexity index is 612. The maximum Gasteiger partial charge on any atom is 0.191 e. The van der Waals surface area contributed by atoms with Gasteiger partial charge in [-0.15, -0.1) is 10.2 Å². The van der Waals surface area contributed by atoms with Crippen molar-refractivity contribution in [2.75, 3.05) is 19.9 Å². The number of rotatable bonds is 7. The molecule has 0 N–H and O–H groups in total. The van der Waals surface area contributed by atoms with Crippen molar-refractivity contribution in [3.8, 4) is 0 Å². The van der Waals surface area contributed by atoms with E-state index < -0.39 is 0 Å². The van der Waals surface area contributed by atoms with Gasteiger partial charge in [0.05, 0.1) is 19.2 Å². The van der Waals surface area contributed by atoms with Crippen molar-refractivity contribution >= 4 is 11.8 Å². The Hall–Kier alpha value is -1.44. The number of hydrogen-bond acceptors (Lipinski definition) is 6. The van der Waals surface area contributed by atoms with Crippen LogP contribution in [0, 0.1) is 0 Å². The molecule has 0 spiro atoms. The highest BCUT2D eigenvalue weighted by Gasteiger charge is 2.21. The minimum absolute atomic E-state index is 0.291. The molecule has 2 aromatic rings. The Labute approximate surface area is 141 Å². The lowest BCUT2D eigenvalue weighted by atomic mass is 10.2. The van der Waals surface area contributed by atoms with Gasteiger partial charge < -0.3 is 9.30 Å². The highest BCUT2D eigenvalue weighted by atomic mass is 32.2. The van der Waals surface area contributed by atoms with Crippen molar-refractivity contribution in [2.24, 2.45) is 0 Å². The quantitative estimate of drug-likeness (QED) is 0.724. The van der Waals surface area contributed by atoms with Crippen molar-refractivity contribution < 1.29 is 4.74 Å². The van der Waals surface area contributed by atoms with E-state index in [4.69, 9.17) is 4.74 Å². The van der Waals surface area contributed by atoms with Crippen molar-refractivity contribution in [2.45, 2.75) is 43.7 Å². The summed E-state index contributed by atoms with van der Waals surface area (Å²) in [5.41, 5.74) is 1.20. The van der Waals surface area contributed by atoms with Gasteiger partial charge in [0.1, 0.15) is 5.82 Å². The normalized spacial score (nSPS) is 18.0. The maximum absolute atomic E-state index is 5.77. The lowest BCUT2D eigenvalue weighted by molar-refractivity contribution is 0.0934. The van der Waals surface area contributed by atoms with Gasteiger partial charge in [-0.1, -0.05) is 17.8 Å². The van der Waals surface area contributed by atoms with Crippen molar-refractivity contribution in [3.63, 3.8) is 0 Å². The van der Waals surface area contributed by atoms with E-state index in [1.54, 1.807) is 18.0 Å². The zero-order chi connectivity index (χ0) is 16.1. The zero-order valence-corrected chi connectivity index (χ0v) is 14.5. The third kappa shape index (κ3) is 4.31. The first-order valence-electron chi connectivity index (χ1n) is 7.91. The predicted molar refractivity (Wildman–Crippen MR) is 90.2 cm³/mol. The molecule has 124 valence electrons. The maximum atomic E-state index is 5.77. The standard InChI is InChI=1S/C16H23N5OS/c1-20(10-13-5-3-7-17-9-13)12-15-18-19-16(23-2)21(15)11-14-6-4-8-22-14/h3,5,7,9,14H,4,6,8,10-12H2,1-2H3. The van der Waals surface area contributed by atoms with Gasteiger partial charge >= 0.3 is 0 Å². The summed E-state index contributed by atoms with van der Waals surface area (Å²) in [7, 11) is 2.09. The van der Waals surface area contributed by atoms with Crippen molar-refractivity contribution in [3.05, 3.63) is 35.9 Å². The van der Waals surface area contributed by atoms with Crippen LogP contribution in [-0.4, -0.2) is 50.7 Å². The summed E-state index contributed by atoms with van der Waals surface area (Å²) in [6.07, 6.45) is 8.31. The molecule has 1 aliphatic rings. The van der Waals surface area contributed by atoms with Crippen molar-refractivity contribution in [1.82, 2.24) is 24.6 Å². The average molecular weight is 333 g/mol. The Balaban J connectivity index is 1.67. The summed E-state index contributed by atoms with van der Waals surface area (Å²) in [4.78, 5) is 6.40. The minimum Gasteiger partial charge on any atom is -0.376 e. The Morgan fingerprint density at radius 2 is 2.30 bits per heavy atom. The topological polar surface area (TPSA) is 56.1 Å². The molecule has 0 aliphatic carbocycles. The van der Waals surface area contributed by atoms with Crippen LogP contribution in [0.25, 0.3) is 0 Å². The molecule has 0 radical (unpaired) electrons. The molecule has 1 aliphatic heterocycles. The van der Waals surface area contributed by atoms with Gasteiger partial charge in [-0.05, 0) is 37.8 Å². The van der Waals surface area contributed by atoms with E-state index in [-0.39, 0.29) is 0 Å². The smallest absolute Gasteiger partial charge is 0.191 e. The summed E-state index contributed by atoms with van der Waals surface area (Å²) in [6.45, 7) is 3.32. The number of hydrogen-bond donors (Lipinski definition) is 0.